The second-order valence-corrected chi connectivity index (χ2v) is 8.89. The van der Waals surface area contributed by atoms with Crippen molar-refractivity contribution in [3.8, 4) is 0 Å². The van der Waals surface area contributed by atoms with Crippen LogP contribution in [0.1, 0.15) is 33.1 Å². The van der Waals surface area contributed by atoms with Gasteiger partial charge in [-0.25, -0.2) is 4.79 Å². The minimum absolute atomic E-state index is 0.0637. The van der Waals surface area contributed by atoms with Gasteiger partial charge in [0.2, 0.25) is 5.91 Å². The van der Waals surface area contributed by atoms with Gasteiger partial charge in [-0.1, -0.05) is 6.92 Å². The van der Waals surface area contributed by atoms with E-state index < -0.39 is 28.1 Å². The van der Waals surface area contributed by atoms with Crippen LogP contribution in [0.15, 0.2) is 9.59 Å². The summed E-state index contributed by atoms with van der Waals surface area (Å²) in [6, 6.07) is -0.692. The van der Waals surface area contributed by atoms with Gasteiger partial charge in [-0.3, -0.25) is 23.9 Å². The van der Waals surface area contributed by atoms with Crippen LogP contribution in [0.4, 0.5) is 11.5 Å². The smallest absolute Gasteiger partial charge is 0.330 e. The van der Waals surface area contributed by atoms with Gasteiger partial charge in [-0.15, -0.1) is 11.8 Å². The van der Waals surface area contributed by atoms with Gasteiger partial charge in [0.25, 0.3) is 11.5 Å². The number of nitrogens with two attached hydrogens (primary N) is 1. The molecule has 3 heterocycles. The molecule has 2 amide bonds. The number of fused-ring (bicyclic) bond motifs is 1. The zero-order valence-corrected chi connectivity index (χ0v) is 17.7. The van der Waals surface area contributed by atoms with Crippen molar-refractivity contribution in [1.29, 1.82) is 0 Å². The number of carbonyl (C=O) groups excluding carboxylic acids is 2. The number of anilines is 2. The van der Waals surface area contributed by atoms with Crippen LogP contribution in [0, 0.1) is 0 Å². The fourth-order valence-corrected chi connectivity index (χ4v) is 5.41. The number of aromatic amines is 1. The number of nitrogen functional groups attached to an aromatic ring is 1. The summed E-state index contributed by atoms with van der Waals surface area (Å²) in [4.78, 5) is 55.4. The Morgan fingerprint density at radius 2 is 2.14 bits per heavy atom. The summed E-state index contributed by atoms with van der Waals surface area (Å²) >= 11 is 1.57. The van der Waals surface area contributed by atoms with E-state index in [4.69, 9.17) is 10.5 Å². The maximum Gasteiger partial charge on any atom is 0.330 e. The molecule has 11 heteroatoms. The Bertz CT molecular complexity index is 928. The van der Waals surface area contributed by atoms with E-state index in [0.29, 0.717) is 31.6 Å². The average Bonchev–Trinajstić information content (AvgIpc) is 3.16. The summed E-state index contributed by atoms with van der Waals surface area (Å²) < 4.78 is 6.36. The Hall–Kier alpha value is -2.27. The van der Waals surface area contributed by atoms with E-state index in [0.717, 1.165) is 0 Å². The van der Waals surface area contributed by atoms with Crippen LogP contribution in [-0.2, 0) is 20.9 Å². The molecule has 0 spiro atoms. The van der Waals surface area contributed by atoms with Gasteiger partial charge in [0, 0.05) is 32.4 Å². The molecule has 29 heavy (non-hydrogen) atoms. The highest BCUT2D eigenvalue weighted by Crippen LogP contribution is 2.47. The molecule has 2 unspecified atom stereocenters. The normalized spacial score (nSPS) is 23.5. The number of nitrogens with one attached hydrogen (secondary N) is 1. The van der Waals surface area contributed by atoms with E-state index >= 15 is 0 Å². The van der Waals surface area contributed by atoms with Crippen LogP contribution in [-0.4, -0.2) is 63.2 Å². The number of carbonyl (C=O) groups is 2. The molecular weight excluding hydrogens is 398 g/mol. The Balaban J connectivity index is 2.05. The third-order valence-corrected chi connectivity index (χ3v) is 6.95. The molecule has 3 N–H and O–H groups in total. The third kappa shape index (κ3) is 3.68. The lowest BCUT2D eigenvalue weighted by Crippen LogP contribution is -2.53. The van der Waals surface area contributed by atoms with Gasteiger partial charge in [0.05, 0.1) is 11.5 Å². The molecule has 3 rings (SSSR count). The van der Waals surface area contributed by atoms with E-state index in [9.17, 15) is 19.2 Å². The quantitative estimate of drug-likeness (QED) is 0.627. The van der Waals surface area contributed by atoms with Crippen molar-refractivity contribution in [2.24, 2.45) is 0 Å². The van der Waals surface area contributed by atoms with Gasteiger partial charge in [-0.05, 0) is 19.8 Å². The lowest BCUT2D eigenvalue weighted by Gasteiger charge is -2.33. The predicted octanol–water partition coefficient (Wildman–Crippen LogP) is -0.0378. The minimum Gasteiger partial charge on any atom is -0.383 e. The number of aromatic nitrogens is 2. The number of H-pyrrole nitrogens is 1. The number of hydrogen-bond acceptors (Lipinski definition) is 7. The highest BCUT2D eigenvalue weighted by molar-refractivity contribution is 8.01. The largest absolute Gasteiger partial charge is 0.383 e. The van der Waals surface area contributed by atoms with Crippen LogP contribution < -0.4 is 21.9 Å². The predicted molar refractivity (Wildman–Crippen MR) is 111 cm³/mol. The Labute approximate surface area is 172 Å². The molecule has 2 atom stereocenters. The summed E-state index contributed by atoms with van der Waals surface area (Å²) in [5, 5.41) is 0. The maximum absolute atomic E-state index is 13.5. The van der Waals surface area contributed by atoms with Crippen LogP contribution in [0.2, 0.25) is 0 Å². The number of methoxy groups -OCH3 is 1. The molecule has 0 bridgehead atoms. The lowest BCUT2D eigenvalue weighted by molar-refractivity contribution is -0.136. The SMILES string of the molecule is CCCn1c(N)c(N(CCOC)C(=O)C2CSC3(C)CCC(=O)N23)c(=O)[nH]c1=O. The first-order valence-corrected chi connectivity index (χ1v) is 10.6. The molecule has 0 aliphatic carbocycles. The van der Waals surface area contributed by atoms with Crippen molar-refractivity contribution in [2.75, 3.05) is 36.6 Å². The monoisotopic (exact) mass is 425 g/mol. The summed E-state index contributed by atoms with van der Waals surface area (Å²) in [6.45, 7) is 4.39. The van der Waals surface area contributed by atoms with E-state index in [2.05, 4.69) is 4.98 Å². The number of nitrogens with zero attached hydrogens (tertiary/aromatic N) is 3. The molecular formula is C18H27N5O5S. The second-order valence-electron chi connectivity index (χ2n) is 7.39. The van der Waals surface area contributed by atoms with E-state index in [1.807, 2.05) is 13.8 Å². The van der Waals surface area contributed by atoms with Gasteiger partial charge in [0.1, 0.15) is 11.9 Å². The van der Waals surface area contributed by atoms with Crippen molar-refractivity contribution in [3.63, 3.8) is 0 Å². The fourth-order valence-electron chi connectivity index (χ4n) is 3.98. The molecule has 0 aromatic carbocycles. The second kappa shape index (κ2) is 8.23. The number of thioether (sulfide) groups is 1. The molecule has 2 fully saturated rings. The molecule has 2 aliphatic heterocycles. The van der Waals surface area contributed by atoms with Crippen LogP contribution in [0.3, 0.4) is 0 Å². The number of ether oxygens (including phenoxy) is 1. The van der Waals surface area contributed by atoms with Gasteiger partial charge < -0.3 is 20.3 Å². The first-order valence-electron chi connectivity index (χ1n) is 9.64. The Morgan fingerprint density at radius 3 is 2.79 bits per heavy atom. The van der Waals surface area contributed by atoms with Crippen LogP contribution in [0.5, 0.6) is 0 Å². The van der Waals surface area contributed by atoms with Gasteiger partial charge in [-0.2, -0.15) is 0 Å². The van der Waals surface area contributed by atoms with Crippen molar-refractivity contribution in [1.82, 2.24) is 14.5 Å². The van der Waals surface area contributed by atoms with E-state index in [-0.39, 0.29) is 30.6 Å². The molecule has 2 saturated heterocycles. The summed E-state index contributed by atoms with van der Waals surface area (Å²) in [5.74, 6) is -0.0873. The molecule has 0 radical (unpaired) electrons. The fraction of sp³-hybridized carbons (Fsp3) is 0.667. The molecule has 2 aliphatic rings. The molecule has 10 nitrogen and oxygen atoms in total. The molecule has 1 aromatic heterocycles. The topological polar surface area (TPSA) is 131 Å². The maximum atomic E-state index is 13.5. The van der Waals surface area contributed by atoms with Crippen molar-refractivity contribution >= 4 is 35.1 Å². The van der Waals surface area contributed by atoms with E-state index in [1.54, 1.807) is 16.7 Å². The minimum atomic E-state index is -0.731. The van der Waals surface area contributed by atoms with Crippen molar-refractivity contribution < 1.29 is 14.3 Å². The van der Waals surface area contributed by atoms with Crippen LogP contribution in [0.25, 0.3) is 0 Å². The summed E-state index contributed by atoms with van der Waals surface area (Å²) in [7, 11) is 1.49. The highest BCUT2D eigenvalue weighted by atomic mass is 32.2. The molecule has 1 aromatic rings. The van der Waals surface area contributed by atoms with Crippen molar-refractivity contribution in [3.05, 3.63) is 20.8 Å². The highest BCUT2D eigenvalue weighted by Gasteiger charge is 2.54. The van der Waals surface area contributed by atoms with Gasteiger partial charge >= 0.3 is 5.69 Å². The number of hydrogen-bond donors (Lipinski definition) is 2. The molecule has 0 saturated carbocycles. The standard InChI is InChI=1S/C18H27N5O5S/c1-4-7-22-14(19)13(15(25)20-17(22)27)21(8-9-28-3)16(26)11-10-29-18(2)6-5-12(24)23(11)18/h11H,4-10,19H2,1-3H3,(H,20,25,27). The zero-order valence-electron chi connectivity index (χ0n) is 16.9. The zero-order chi connectivity index (χ0) is 21.3. The van der Waals surface area contributed by atoms with Gasteiger partial charge in [0.15, 0.2) is 5.69 Å². The lowest BCUT2D eigenvalue weighted by atomic mass is 10.2. The first-order chi connectivity index (χ1) is 13.7. The van der Waals surface area contributed by atoms with Crippen molar-refractivity contribution in [2.45, 2.75) is 50.6 Å². The number of amides is 2. The summed E-state index contributed by atoms with van der Waals surface area (Å²) in [6.07, 6.45) is 1.71. The van der Waals surface area contributed by atoms with Crippen LogP contribution >= 0.6 is 11.8 Å². The van der Waals surface area contributed by atoms with E-state index in [1.165, 1.54) is 16.6 Å². The third-order valence-electron chi connectivity index (χ3n) is 5.45. The Morgan fingerprint density at radius 1 is 1.41 bits per heavy atom. The Kier molecular flexibility index (Phi) is 6.08. The average molecular weight is 426 g/mol. The number of rotatable bonds is 7. The molecule has 160 valence electrons. The first kappa shape index (κ1) is 21.4. The summed E-state index contributed by atoms with van der Waals surface area (Å²) in [5.41, 5.74) is 4.74.